The maximum atomic E-state index is 12.0. The molecular weight excluding hydrogens is 334 g/mol. The number of pyridine rings is 2. The predicted octanol–water partition coefficient (Wildman–Crippen LogP) is 4.63. The molecule has 2 aromatic heterocycles. The first kappa shape index (κ1) is 17.1. The summed E-state index contributed by atoms with van der Waals surface area (Å²) in [5, 5.41) is 0.770. The Morgan fingerprint density at radius 2 is 1.70 bits per heavy atom. The monoisotopic (exact) mass is 353 g/mol. The first-order chi connectivity index (χ1) is 13.2. The Bertz CT molecular complexity index is 1120. The molecule has 132 valence electrons. The van der Waals surface area contributed by atoms with Crippen molar-refractivity contribution in [2.24, 2.45) is 5.73 Å². The largest absolute Gasteiger partial charge is 0.326 e. The molecule has 0 saturated carbocycles. The van der Waals surface area contributed by atoms with Crippen LogP contribution in [0, 0.1) is 0 Å². The molecule has 0 atom stereocenters. The van der Waals surface area contributed by atoms with Crippen LogP contribution in [0.1, 0.15) is 23.0 Å². The summed E-state index contributed by atoms with van der Waals surface area (Å²) in [6.45, 7) is 2.04. The van der Waals surface area contributed by atoms with Crippen LogP contribution >= 0.6 is 0 Å². The lowest BCUT2D eigenvalue weighted by Crippen LogP contribution is -2.00. The van der Waals surface area contributed by atoms with Gasteiger partial charge in [-0.3, -0.25) is 9.78 Å². The lowest BCUT2D eigenvalue weighted by atomic mass is 9.96. The number of ketones is 1. The van der Waals surface area contributed by atoms with Crippen molar-refractivity contribution in [2.45, 2.75) is 13.5 Å². The van der Waals surface area contributed by atoms with Crippen molar-refractivity contribution in [1.82, 2.24) is 9.97 Å². The van der Waals surface area contributed by atoms with E-state index in [0.29, 0.717) is 12.2 Å². The fourth-order valence-corrected chi connectivity index (χ4v) is 3.23. The molecule has 0 aliphatic rings. The first-order valence-corrected chi connectivity index (χ1v) is 8.83. The number of nitrogens with zero attached hydrogens (tertiary/aromatic N) is 2. The Balaban J connectivity index is 2.02. The minimum atomic E-state index is -0.0681. The third-order valence-corrected chi connectivity index (χ3v) is 4.62. The highest BCUT2D eigenvalue weighted by molar-refractivity contribution is 6.06. The number of carbonyl (C=O) groups excluding carboxylic acids is 1. The number of aromatic nitrogens is 2. The van der Waals surface area contributed by atoms with E-state index in [-0.39, 0.29) is 5.78 Å². The van der Waals surface area contributed by atoms with Gasteiger partial charge in [-0.2, -0.15) is 0 Å². The van der Waals surface area contributed by atoms with E-state index < -0.39 is 0 Å². The van der Waals surface area contributed by atoms with Crippen LogP contribution in [-0.4, -0.2) is 15.8 Å². The molecule has 0 amide bonds. The summed E-state index contributed by atoms with van der Waals surface area (Å²) in [6.07, 6.45) is 1.63. The van der Waals surface area contributed by atoms with Crippen molar-refractivity contribution in [1.29, 1.82) is 0 Å². The molecule has 0 saturated heterocycles. The zero-order chi connectivity index (χ0) is 18.8. The average Bonchev–Trinajstić information content (AvgIpc) is 2.73. The number of Topliss-reactive ketones (excluding diaryl/α,β-unsaturated/α-hetero) is 1. The Labute approximate surface area is 157 Å². The predicted molar refractivity (Wildman–Crippen MR) is 108 cm³/mol. The second-order valence-corrected chi connectivity index (χ2v) is 6.43. The van der Waals surface area contributed by atoms with E-state index in [0.717, 1.165) is 38.9 Å². The highest BCUT2D eigenvalue weighted by Crippen LogP contribution is 2.34. The van der Waals surface area contributed by atoms with E-state index in [2.05, 4.69) is 4.98 Å². The number of hydrogen-bond acceptors (Lipinski definition) is 4. The summed E-state index contributed by atoms with van der Waals surface area (Å²) in [7, 11) is 0. The Hall–Kier alpha value is -3.37. The smallest absolute Gasteiger partial charge is 0.178 e. The quantitative estimate of drug-likeness (QED) is 0.543. The summed E-state index contributed by atoms with van der Waals surface area (Å²) < 4.78 is 0. The van der Waals surface area contributed by atoms with Gasteiger partial charge < -0.3 is 5.73 Å². The highest BCUT2D eigenvalue weighted by atomic mass is 16.1. The van der Waals surface area contributed by atoms with Crippen molar-refractivity contribution in [2.75, 3.05) is 0 Å². The van der Waals surface area contributed by atoms with E-state index in [1.165, 1.54) is 6.92 Å². The Morgan fingerprint density at radius 1 is 0.963 bits per heavy atom. The summed E-state index contributed by atoms with van der Waals surface area (Å²) in [5.74, 6) is -0.0681. The van der Waals surface area contributed by atoms with Gasteiger partial charge in [-0.25, -0.2) is 4.98 Å². The number of hydrogen-bond donors (Lipinski definition) is 1. The average molecular weight is 353 g/mol. The molecule has 0 spiro atoms. The minimum Gasteiger partial charge on any atom is -0.326 e. The number of rotatable bonds is 4. The topological polar surface area (TPSA) is 68.9 Å². The van der Waals surface area contributed by atoms with Gasteiger partial charge in [-0.05, 0) is 23.3 Å². The zero-order valence-corrected chi connectivity index (χ0v) is 15.0. The van der Waals surface area contributed by atoms with E-state index in [4.69, 9.17) is 10.7 Å². The van der Waals surface area contributed by atoms with Gasteiger partial charge in [0.15, 0.2) is 5.78 Å². The molecule has 4 heteroatoms. The van der Waals surface area contributed by atoms with Gasteiger partial charge in [0.25, 0.3) is 0 Å². The second kappa shape index (κ2) is 7.09. The molecule has 0 unspecified atom stereocenters. The van der Waals surface area contributed by atoms with E-state index in [9.17, 15) is 4.79 Å². The van der Waals surface area contributed by atoms with Crippen molar-refractivity contribution >= 4 is 16.7 Å². The highest BCUT2D eigenvalue weighted by Gasteiger charge is 2.15. The Kier molecular flexibility index (Phi) is 4.48. The van der Waals surface area contributed by atoms with Crippen LogP contribution in [0.5, 0.6) is 0 Å². The molecule has 4 rings (SSSR count). The van der Waals surface area contributed by atoms with Crippen LogP contribution in [0.15, 0.2) is 72.9 Å². The van der Waals surface area contributed by atoms with E-state index in [1.807, 2.05) is 66.7 Å². The minimum absolute atomic E-state index is 0.0681. The number of benzene rings is 2. The Morgan fingerprint density at radius 3 is 2.37 bits per heavy atom. The molecule has 4 aromatic rings. The van der Waals surface area contributed by atoms with Crippen LogP contribution in [-0.2, 0) is 6.54 Å². The second-order valence-electron chi connectivity index (χ2n) is 6.43. The molecule has 2 heterocycles. The van der Waals surface area contributed by atoms with Gasteiger partial charge >= 0.3 is 0 Å². The van der Waals surface area contributed by atoms with Gasteiger partial charge in [-0.1, -0.05) is 54.6 Å². The van der Waals surface area contributed by atoms with Gasteiger partial charge in [0.05, 0.1) is 11.2 Å². The molecular formula is C23H19N3O. The van der Waals surface area contributed by atoms with Gasteiger partial charge in [0.1, 0.15) is 5.69 Å². The lowest BCUT2D eigenvalue weighted by Gasteiger charge is -2.13. The van der Waals surface area contributed by atoms with Crippen LogP contribution in [0.25, 0.3) is 33.3 Å². The molecule has 27 heavy (non-hydrogen) atoms. The van der Waals surface area contributed by atoms with E-state index in [1.54, 1.807) is 6.20 Å². The molecule has 4 nitrogen and oxygen atoms in total. The molecule has 0 radical (unpaired) electrons. The molecule has 2 aromatic carbocycles. The van der Waals surface area contributed by atoms with Crippen LogP contribution in [0.3, 0.4) is 0 Å². The summed E-state index contributed by atoms with van der Waals surface area (Å²) in [6, 6.07) is 22.0. The van der Waals surface area contributed by atoms with Gasteiger partial charge in [-0.15, -0.1) is 0 Å². The maximum Gasteiger partial charge on any atom is 0.178 e. The molecule has 0 bridgehead atoms. The van der Waals surface area contributed by atoms with Crippen LogP contribution in [0.2, 0.25) is 0 Å². The van der Waals surface area contributed by atoms with Crippen LogP contribution < -0.4 is 5.73 Å². The number of fused-ring (bicyclic) bond motifs is 1. The number of carbonyl (C=O) groups is 1. The first-order valence-electron chi connectivity index (χ1n) is 8.83. The zero-order valence-electron chi connectivity index (χ0n) is 15.0. The SMILES string of the molecule is CC(=O)c1nccc2nc(-c3ccc(CN)cc3)c(-c3ccccc3)cc12. The van der Waals surface area contributed by atoms with Crippen molar-refractivity contribution in [3.63, 3.8) is 0 Å². The van der Waals surface area contributed by atoms with E-state index >= 15 is 0 Å². The van der Waals surface area contributed by atoms with Crippen molar-refractivity contribution in [3.05, 3.63) is 84.2 Å². The summed E-state index contributed by atoms with van der Waals surface area (Å²) in [5.41, 5.74) is 11.9. The van der Waals surface area contributed by atoms with Crippen molar-refractivity contribution in [3.8, 4) is 22.4 Å². The van der Waals surface area contributed by atoms with Gasteiger partial charge in [0.2, 0.25) is 0 Å². The lowest BCUT2D eigenvalue weighted by molar-refractivity contribution is 0.101. The van der Waals surface area contributed by atoms with Gasteiger partial charge in [0, 0.05) is 36.2 Å². The summed E-state index contributed by atoms with van der Waals surface area (Å²) >= 11 is 0. The molecule has 0 aliphatic heterocycles. The fourth-order valence-electron chi connectivity index (χ4n) is 3.23. The molecule has 0 aliphatic carbocycles. The number of nitrogens with two attached hydrogens (primary N) is 1. The maximum absolute atomic E-state index is 12.0. The normalized spacial score (nSPS) is 10.9. The third-order valence-electron chi connectivity index (χ3n) is 4.62. The summed E-state index contributed by atoms with van der Waals surface area (Å²) in [4.78, 5) is 21.2. The van der Waals surface area contributed by atoms with Crippen LogP contribution in [0.4, 0.5) is 0 Å². The fraction of sp³-hybridized carbons (Fsp3) is 0.0870. The van der Waals surface area contributed by atoms with Crippen molar-refractivity contribution < 1.29 is 4.79 Å². The molecule has 2 N–H and O–H groups in total. The standard InChI is InChI=1S/C23H19N3O/c1-15(27)22-20-13-19(17-5-3-2-4-6-17)23(26-21(20)11-12-25-22)18-9-7-16(14-24)8-10-18/h2-13H,14,24H2,1H3. The third kappa shape index (κ3) is 3.23. The molecule has 0 fully saturated rings.